The molecule has 0 aliphatic carbocycles. The van der Waals surface area contributed by atoms with Crippen LogP contribution in [0.2, 0.25) is 0 Å². The SMILES string of the molecule is CC(=O)C(C)(C)N=CC(=CN)c1ccc2c(c1)OCCn1cc(-c3nc(C)nn3C(C)C)nc1-2. The molecule has 0 spiro atoms. The molecule has 0 saturated heterocycles. The number of aryl methyl sites for hydroxylation is 1. The van der Waals surface area contributed by atoms with Crippen LogP contribution >= 0.6 is 0 Å². The van der Waals surface area contributed by atoms with Crippen molar-refractivity contribution >= 4 is 17.6 Å². The van der Waals surface area contributed by atoms with Crippen LogP contribution < -0.4 is 10.5 Å². The molecule has 9 nitrogen and oxygen atoms in total. The summed E-state index contributed by atoms with van der Waals surface area (Å²) in [6, 6.07) is 6.04. The van der Waals surface area contributed by atoms with E-state index in [0.717, 1.165) is 34.3 Å². The first kappa shape index (κ1) is 23.4. The molecule has 2 N–H and O–H groups in total. The molecule has 1 aromatic carbocycles. The van der Waals surface area contributed by atoms with Crippen molar-refractivity contribution in [3.63, 3.8) is 0 Å². The van der Waals surface area contributed by atoms with Gasteiger partial charge in [0.05, 0.1) is 12.1 Å². The Bertz CT molecular complexity index is 1290. The molecule has 4 rings (SSSR count). The average Bonchev–Trinajstić information content (AvgIpc) is 3.33. The molecule has 0 radical (unpaired) electrons. The van der Waals surface area contributed by atoms with Gasteiger partial charge >= 0.3 is 0 Å². The Morgan fingerprint density at radius 1 is 1.26 bits per heavy atom. The van der Waals surface area contributed by atoms with Gasteiger partial charge in [0.1, 0.15) is 35.2 Å². The highest BCUT2D eigenvalue weighted by Crippen LogP contribution is 2.35. The maximum absolute atomic E-state index is 11.8. The second-order valence-electron chi connectivity index (χ2n) is 9.22. The topological polar surface area (TPSA) is 113 Å². The van der Waals surface area contributed by atoms with Gasteiger partial charge in [0.25, 0.3) is 0 Å². The third-order valence-corrected chi connectivity index (χ3v) is 5.95. The van der Waals surface area contributed by atoms with Gasteiger partial charge in [-0.25, -0.2) is 14.6 Å². The summed E-state index contributed by atoms with van der Waals surface area (Å²) in [5, 5.41) is 4.52. The highest BCUT2D eigenvalue weighted by Gasteiger charge is 2.24. The summed E-state index contributed by atoms with van der Waals surface area (Å²) in [6.45, 7) is 12.3. The number of imidazole rings is 1. The number of fused-ring (bicyclic) bond motifs is 3. The van der Waals surface area contributed by atoms with E-state index in [1.807, 2.05) is 36.0 Å². The fourth-order valence-electron chi connectivity index (χ4n) is 3.67. The molecule has 2 aromatic heterocycles. The third kappa shape index (κ3) is 4.37. The number of aromatic nitrogens is 5. The van der Waals surface area contributed by atoms with E-state index in [1.165, 1.54) is 13.1 Å². The van der Waals surface area contributed by atoms with Crippen LogP contribution in [0, 0.1) is 6.92 Å². The lowest BCUT2D eigenvalue weighted by Crippen LogP contribution is -2.26. The Kier molecular flexibility index (Phi) is 6.12. The molecule has 34 heavy (non-hydrogen) atoms. The van der Waals surface area contributed by atoms with Gasteiger partial charge in [-0.15, -0.1) is 0 Å². The number of hydrogen-bond donors (Lipinski definition) is 1. The first-order valence-electron chi connectivity index (χ1n) is 11.4. The van der Waals surface area contributed by atoms with Gasteiger partial charge in [0, 0.05) is 30.2 Å². The number of allylic oxidation sites excluding steroid dienone is 1. The van der Waals surface area contributed by atoms with Crippen LogP contribution in [-0.4, -0.2) is 48.5 Å². The van der Waals surface area contributed by atoms with Crippen LogP contribution in [-0.2, 0) is 11.3 Å². The molecule has 1 aliphatic rings. The van der Waals surface area contributed by atoms with E-state index in [9.17, 15) is 4.79 Å². The number of rotatable bonds is 6. The lowest BCUT2D eigenvalue weighted by molar-refractivity contribution is -0.120. The van der Waals surface area contributed by atoms with Crippen molar-refractivity contribution in [2.75, 3.05) is 6.61 Å². The second-order valence-corrected chi connectivity index (χ2v) is 9.22. The predicted octanol–water partition coefficient (Wildman–Crippen LogP) is 3.83. The first-order valence-corrected chi connectivity index (χ1v) is 11.4. The number of hydrogen-bond acceptors (Lipinski definition) is 7. The molecule has 0 bridgehead atoms. The van der Waals surface area contributed by atoms with Crippen molar-refractivity contribution in [3.05, 3.63) is 42.0 Å². The van der Waals surface area contributed by atoms with Crippen molar-refractivity contribution in [2.24, 2.45) is 10.7 Å². The zero-order valence-corrected chi connectivity index (χ0v) is 20.5. The number of benzene rings is 1. The fourth-order valence-corrected chi connectivity index (χ4v) is 3.67. The van der Waals surface area contributed by atoms with E-state index in [4.69, 9.17) is 15.5 Å². The molecule has 0 saturated carbocycles. The first-order chi connectivity index (χ1) is 16.1. The van der Waals surface area contributed by atoms with Crippen LogP contribution in [0.1, 0.15) is 52.0 Å². The number of nitrogens with two attached hydrogens (primary N) is 1. The van der Waals surface area contributed by atoms with Crippen LogP contribution in [0.4, 0.5) is 0 Å². The van der Waals surface area contributed by atoms with E-state index in [-0.39, 0.29) is 11.8 Å². The van der Waals surface area contributed by atoms with E-state index in [2.05, 4.69) is 33.5 Å². The minimum atomic E-state index is -0.813. The lowest BCUT2D eigenvalue weighted by atomic mass is 10.0. The lowest BCUT2D eigenvalue weighted by Gasteiger charge is -2.15. The van der Waals surface area contributed by atoms with Crippen molar-refractivity contribution < 1.29 is 9.53 Å². The average molecular weight is 462 g/mol. The summed E-state index contributed by atoms with van der Waals surface area (Å²) in [6.07, 6.45) is 5.13. The Morgan fingerprint density at radius 2 is 2.03 bits per heavy atom. The van der Waals surface area contributed by atoms with Crippen LogP contribution in [0.5, 0.6) is 5.75 Å². The quantitative estimate of drug-likeness (QED) is 0.558. The zero-order valence-electron chi connectivity index (χ0n) is 20.5. The van der Waals surface area contributed by atoms with Crippen molar-refractivity contribution in [3.8, 4) is 28.7 Å². The summed E-state index contributed by atoms with van der Waals surface area (Å²) < 4.78 is 10.0. The number of carbonyl (C=O) groups is 1. The summed E-state index contributed by atoms with van der Waals surface area (Å²) >= 11 is 0. The van der Waals surface area contributed by atoms with E-state index < -0.39 is 5.54 Å². The molecule has 3 aromatic rings. The van der Waals surface area contributed by atoms with Crippen LogP contribution in [0.3, 0.4) is 0 Å². The molecular formula is C25H31N7O2. The minimum absolute atomic E-state index is 0.0171. The standard InChI is InChI=1S/C25H31N7O2/c1-15(2)32-24(28-17(4)30-32)21-14-31-9-10-34-22-11-18(7-8-20(22)23(31)29-21)19(12-26)13-27-25(5,6)16(3)33/h7-8,11-15H,9-10,26H2,1-6H3. The molecule has 0 unspecified atom stereocenters. The molecular weight excluding hydrogens is 430 g/mol. The van der Waals surface area contributed by atoms with Crippen molar-refractivity contribution in [1.29, 1.82) is 0 Å². The zero-order chi connectivity index (χ0) is 24.6. The maximum Gasteiger partial charge on any atom is 0.178 e. The Labute approximate surface area is 199 Å². The number of ketones is 1. The van der Waals surface area contributed by atoms with Gasteiger partial charge in [-0.05, 0) is 59.2 Å². The van der Waals surface area contributed by atoms with Gasteiger partial charge < -0.3 is 15.0 Å². The molecule has 178 valence electrons. The Hall–Kier alpha value is -3.75. The number of nitrogens with zero attached hydrogens (tertiary/aromatic N) is 6. The molecule has 0 amide bonds. The summed E-state index contributed by atoms with van der Waals surface area (Å²) in [7, 11) is 0. The van der Waals surface area contributed by atoms with Gasteiger partial charge in [-0.1, -0.05) is 6.07 Å². The number of Topliss-reactive ketones (excluding diaryl/α,β-unsaturated/α-hetero) is 1. The van der Waals surface area contributed by atoms with Gasteiger partial charge in [-0.2, -0.15) is 5.10 Å². The van der Waals surface area contributed by atoms with E-state index in [0.29, 0.717) is 24.5 Å². The predicted molar refractivity (Wildman–Crippen MR) is 133 cm³/mol. The van der Waals surface area contributed by atoms with Crippen LogP contribution in [0.25, 0.3) is 28.5 Å². The van der Waals surface area contributed by atoms with Crippen LogP contribution in [0.15, 0.2) is 35.6 Å². The number of aliphatic imine (C=N–C) groups is 1. The smallest absolute Gasteiger partial charge is 0.178 e. The largest absolute Gasteiger partial charge is 0.491 e. The van der Waals surface area contributed by atoms with E-state index in [1.54, 1.807) is 20.1 Å². The van der Waals surface area contributed by atoms with Gasteiger partial charge in [0.15, 0.2) is 11.6 Å². The highest BCUT2D eigenvalue weighted by atomic mass is 16.5. The molecule has 0 fully saturated rings. The van der Waals surface area contributed by atoms with Gasteiger partial charge in [0.2, 0.25) is 0 Å². The third-order valence-electron chi connectivity index (χ3n) is 5.95. The second kappa shape index (κ2) is 8.89. The van der Waals surface area contributed by atoms with E-state index >= 15 is 0 Å². The monoisotopic (exact) mass is 461 g/mol. The summed E-state index contributed by atoms with van der Waals surface area (Å²) in [4.78, 5) is 25.8. The summed E-state index contributed by atoms with van der Waals surface area (Å²) in [5.74, 6) is 2.99. The molecule has 1 aliphatic heterocycles. The van der Waals surface area contributed by atoms with Gasteiger partial charge in [-0.3, -0.25) is 9.79 Å². The summed E-state index contributed by atoms with van der Waals surface area (Å²) in [5.41, 5.74) is 8.29. The molecule has 3 heterocycles. The Morgan fingerprint density at radius 3 is 2.71 bits per heavy atom. The highest BCUT2D eigenvalue weighted by molar-refractivity contribution is 6.10. The molecule has 0 atom stereocenters. The van der Waals surface area contributed by atoms with Crippen molar-refractivity contribution in [1.82, 2.24) is 24.3 Å². The number of carbonyl (C=O) groups excluding carboxylic acids is 1. The maximum atomic E-state index is 11.8. The Balaban J connectivity index is 1.72. The molecule has 9 heteroatoms. The fraction of sp³-hybridized carbons (Fsp3) is 0.400. The normalized spacial score (nSPS) is 14.1. The van der Waals surface area contributed by atoms with Crippen molar-refractivity contribution in [2.45, 2.75) is 59.7 Å². The minimum Gasteiger partial charge on any atom is -0.491 e. The number of ether oxygens (including phenoxy) is 1.